The van der Waals surface area contributed by atoms with Gasteiger partial charge < -0.3 is 14.3 Å². The summed E-state index contributed by atoms with van der Waals surface area (Å²) in [6.07, 6.45) is 9.01. The highest BCUT2D eigenvalue weighted by atomic mass is 16.5. The number of hydrogen-bond donors (Lipinski definition) is 0. The summed E-state index contributed by atoms with van der Waals surface area (Å²) in [5.74, 6) is 2.95. The predicted molar refractivity (Wildman–Crippen MR) is 119 cm³/mol. The van der Waals surface area contributed by atoms with E-state index in [9.17, 15) is 4.79 Å². The summed E-state index contributed by atoms with van der Waals surface area (Å²) in [6.45, 7) is 2.87. The molecule has 0 atom stereocenters. The molecule has 1 aliphatic carbocycles. The van der Waals surface area contributed by atoms with Crippen LogP contribution in [0.15, 0.2) is 35.0 Å². The van der Waals surface area contributed by atoms with Crippen molar-refractivity contribution in [1.29, 1.82) is 0 Å². The van der Waals surface area contributed by atoms with Gasteiger partial charge in [0, 0.05) is 25.6 Å². The van der Waals surface area contributed by atoms with Crippen molar-refractivity contribution in [2.75, 3.05) is 24.5 Å². The first kappa shape index (κ1) is 19.6. The Kier molecular flexibility index (Phi) is 4.81. The SMILES string of the molecule is O=C1N(Cc2noc(C3CCC3)n2)CCCC12CCN(c1cnc3ccccc3n1)CC2. The molecule has 1 amide bonds. The van der Waals surface area contributed by atoms with Crippen molar-refractivity contribution in [3.05, 3.63) is 42.2 Å². The van der Waals surface area contributed by atoms with Gasteiger partial charge in [-0.25, -0.2) is 4.98 Å². The molecule has 4 heterocycles. The molecular weight excluding hydrogens is 404 g/mol. The lowest BCUT2D eigenvalue weighted by molar-refractivity contribution is -0.148. The van der Waals surface area contributed by atoms with E-state index >= 15 is 0 Å². The number of fused-ring (bicyclic) bond motifs is 1. The van der Waals surface area contributed by atoms with Gasteiger partial charge in [-0.1, -0.05) is 23.7 Å². The number of likely N-dealkylation sites (tertiary alicyclic amines) is 1. The minimum atomic E-state index is -0.278. The first-order valence-electron chi connectivity index (χ1n) is 11.8. The number of benzene rings is 1. The van der Waals surface area contributed by atoms with E-state index < -0.39 is 0 Å². The largest absolute Gasteiger partial charge is 0.355 e. The molecule has 3 fully saturated rings. The Balaban J connectivity index is 1.13. The van der Waals surface area contributed by atoms with Crippen LogP contribution in [0.4, 0.5) is 5.82 Å². The Bertz CT molecular complexity index is 1130. The van der Waals surface area contributed by atoms with E-state index in [2.05, 4.69) is 20.0 Å². The Labute approximate surface area is 187 Å². The van der Waals surface area contributed by atoms with Crippen molar-refractivity contribution in [2.24, 2.45) is 5.41 Å². The summed E-state index contributed by atoms with van der Waals surface area (Å²) in [7, 11) is 0. The lowest BCUT2D eigenvalue weighted by atomic mass is 9.71. The van der Waals surface area contributed by atoms with Gasteiger partial charge >= 0.3 is 0 Å². The minimum Gasteiger partial charge on any atom is -0.355 e. The number of aromatic nitrogens is 4. The highest BCUT2D eigenvalue weighted by Gasteiger charge is 2.46. The molecule has 0 bridgehead atoms. The second-order valence-electron chi connectivity index (χ2n) is 9.49. The summed E-state index contributed by atoms with van der Waals surface area (Å²) in [6, 6.07) is 7.93. The van der Waals surface area contributed by atoms with Gasteiger partial charge in [0.1, 0.15) is 5.82 Å². The molecule has 0 N–H and O–H groups in total. The summed E-state index contributed by atoms with van der Waals surface area (Å²) in [5, 5.41) is 4.15. The van der Waals surface area contributed by atoms with E-state index in [1.807, 2.05) is 35.4 Å². The third-order valence-corrected chi connectivity index (χ3v) is 7.58. The topological polar surface area (TPSA) is 88.3 Å². The highest BCUT2D eigenvalue weighted by molar-refractivity contribution is 5.84. The number of hydrogen-bond acceptors (Lipinski definition) is 7. The molecule has 0 unspecified atom stereocenters. The Morgan fingerprint density at radius 2 is 1.81 bits per heavy atom. The second-order valence-corrected chi connectivity index (χ2v) is 9.49. The van der Waals surface area contributed by atoms with Crippen molar-refractivity contribution < 1.29 is 9.32 Å². The molecule has 166 valence electrons. The molecule has 8 nitrogen and oxygen atoms in total. The Hall–Kier alpha value is -3.03. The number of nitrogens with zero attached hydrogens (tertiary/aromatic N) is 6. The van der Waals surface area contributed by atoms with Crippen molar-refractivity contribution in [3.63, 3.8) is 0 Å². The van der Waals surface area contributed by atoms with Gasteiger partial charge in [-0.3, -0.25) is 9.78 Å². The van der Waals surface area contributed by atoms with E-state index in [-0.39, 0.29) is 11.3 Å². The summed E-state index contributed by atoms with van der Waals surface area (Å²) < 4.78 is 5.46. The predicted octanol–water partition coefficient (Wildman–Crippen LogP) is 3.69. The number of amides is 1. The van der Waals surface area contributed by atoms with Crippen molar-refractivity contribution in [1.82, 2.24) is 25.0 Å². The molecule has 2 aromatic heterocycles. The summed E-state index contributed by atoms with van der Waals surface area (Å²) in [5.41, 5.74) is 1.54. The molecule has 0 radical (unpaired) electrons. The smallest absolute Gasteiger partial charge is 0.229 e. The molecule has 1 saturated carbocycles. The molecule has 3 aliphatic rings. The number of anilines is 1. The van der Waals surface area contributed by atoms with Crippen LogP contribution in [0.3, 0.4) is 0 Å². The van der Waals surface area contributed by atoms with Gasteiger partial charge in [0.2, 0.25) is 11.8 Å². The molecule has 1 spiro atoms. The quantitative estimate of drug-likeness (QED) is 0.621. The molecule has 2 aliphatic heterocycles. The fourth-order valence-corrected chi connectivity index (χ4v) is 5.35. The number of carbonyl (C=O) groups excluding carboxylic acids is 1. The lowest BCUT2D eigenvalue weighted by Crippen LogP contribution is -2.53. The number of piperidine rings is 2. The van der Waals surface area contributed by atoms with E-state index in [0.717, 1.165) is 80.9 Å². The van der Waals surface area contributed by atoms with Gasteiger partial charge in [-0.15, -0.1) is 0 Å². The monoisotopic (exact) mass is 432 g/mol. The van der Waals surface area contributed by atoms with E-state index in [1.165, 1.54) is 6.42 Å². The average molecular weight is 433 g/mol. The molecular formula is C24H28N6O2. The van der Waals surface area contributed by atoms with E-state index in [0.29, 0.717) is 18.3 Å². The third-order valence-electron chi connectivity index (χ3n) is 7.58. The van der Waals surface area contributed by atoms with Crippen LogP contribution in [0.1, 0.15) is 62.6 Å². The van der Waals surface area contributed by atoms with Crippen LogP contribution >= 0.6 is 0 Å². The summed E-state index contributed by atoms with van der Waals surface area (Å²) >= 11 is 0. The third kappa shape index (κ3) is 3.42. The Morgan fingerprint density at radius 3 is 2.59 bits per heavy atom. The zero-order valence-corrected chi connectivity index (χ0v) is 18.2. The average Bonchev–Trinajstić information content (AvgIpc) is 3.24. The minimum absolute atomic E-state index is 0.253. The van der Waals surface area contributed by atoms with Crippen molar-refractivity contribution in [3.8, 4) is 0 Å². The van der Waals surface area contributed by atoms with Gasteiger partial charge in [-0.05, 0) is 50.7 Å². The molecule has 1 aromatic carbocycles. The number of carbonyl (C=O) groups is 1. The van der Waals surface area contributed by atoms with Crippen LogP contribution in [-0.2, 0) is 11.3 Å². The maximum Gasteiger partial charge on any atom is 0.229 e. The van der Waals surface area contributed by atoms with Gasteiger partial charge in [-0.2, -0.15) is 4.98 Å². The molecule has 3 aromatic rings. The maximum absolute atomic E-state index is 13.5. The second kappa shape index (κ2) is 7.83. The van der Waals surface area contributed by atoms with Crippen LogP contribution in [0.5, 0.6) is 0 Å². The standard InChI is InChI=1S/C24H28N6O2/c31-23-24(9-4-12-30(23)16-20-27-22(32-28-20)17-5-3-6-17)10-13-29(14-11-24)21-15-25-18-7-1-2-8-19(18)26-21/h1-2,7-8,15,17H,3-6,9-14,16H2. The van der Waals surface area contributed by atoms with E-state index in [1.54, 1.807) is 0 Å². The first-order chi connectivity index (χ1) is 15.7. The van der Waals surface area contributed by atoms with Gasteiger partial charge in [0.05, 0.1) is 29.2 Å². The van der Waals surface area contributed by atoms with Crippen molar-refractivity contribution >= 4 is 22.8 Å². The normalized spacial score (nSPS) is 21.3. The highest BCUT2D eigenvalue weighted by Crippen LogP contribution is 2.42. The van der Waals surface area contributed by atoms with E-state index in [4.69, 9.17) is 9.51 Å². The lowest BCUT2D eigenvalue weighted by Gasteiger charge is -2.46. The zero-order chi connectivity index (χ0) is 21.5. The zero-order valence-electron chi connectivity index (χ0n) is 18.2. The number of para-hydroxylation sites is 2. The van der Waals surface area contributed by atoms with Crippen LogP contribution in [0.25, 0.3) is 11.0 Å². The maximum atomic E-state index is 13.5. The molecule has 8 heteroatoms. The van der Waals surface area contributed by atoms with Crippen molar-refractivity contribution in [2.45, 2.75) is 57.4 Å². The number of rotatable bonds is 4. The summed E-state index contributed by atoms with van der Waals surface area (Å²) in [4.78, 5) is 31.7. The molecule has 32 heavy (non-hydrogen) atoms. The van der Waals surface area contributed by atoms with Crippen LogP contribution < -0.4 is 4.90 Å². The van der Waals surface area contributed by atoms with Gasteiger partial charge in [0.25, 0.3) is 0 Å². The van der Waals surface area contributed by atoms with Crippen LogP contribution in [0, 0.1) is 5.41 Å². The fraction of sp³-hybridized carbons (Fsp3) is 0.542. The molecule has 6 rings (SSSR count). The van der Waals surface area contributed by atoms with Crippen LogP contribution in [-0.4, -0.2) is 50.5 Å². The Morgan fingerprint density at radius 1 is 1.00 bits per heavy atom. The fourth-order valence-electron chi connectivity index (χ4n) is 5.35. The first-order valence-corrected chi connectivity index (χ1v) is 11.8. The van der Waals surface area contributed by atoms with Crippen LogP contribution in [0.2, 0.25) is 0 Å². The molecule has 2 saturated heterocycles. The van der Waals surface area contributed by atoms with Gasteiger partial charge in [0.15, 0.2) is 5.82 Å².